The Kier molecular flexibility index (Phi) is 3.06. The van der Waals surface area contributed by atoms with Gasteiger partial charge < -0.3 is 4.74 Å². The lowest BCUT2D eigenvalue weighted by Gasteiger charge is -2.07. The molecule has 1 aromatic heterocycles. The van der Waals surface area contributed by atoms with Gasteiger partial charge in [-0.2, -0.15) is 0 Å². The first-order valence-corrected chi connectivity index (χ1v) is 3.58. The number of hydrogen-bond donors (Lipinski definition) is 0. The minimum Gasteiger partial charge on any atom is -0.492 e. The number of hydrogen-bond acceptors (Lipinski definition) is 3. The standard InChI is InChI=1S/C8H6F3NO2/c1-14-7-5(9)2-4(3-13)12-6(7)8(10)11/h2-3,8H,1H3. The highest BCUT2D eigenvalue weighted by atomic mass is 19.3. The van der Waals surface area contributed by atoms with Gasteiger partial charge in [0.05, 0.1) is 7.11 Å². The number of aromatic nitrogens is 1. The summed E-state index contributed by atoms with van der Waals surface area (Å²) in [5, 5.41) is 0. The number of nitrogens with zero attached hydrogens (tertiary/aromatic N) is 1. The highest BCUT2D eigenvalue weighted by molar-refractivity contribution is 5.72. The van der Waals surface area contributed by atoms with Gasteiger partial charge in [0, 0.05) is 6.07 Å². The zero-order valence-corrected chi connectivity index (χ0v) is 7.13. The van der Waals surface area contributed by atoms with Crippen LogP contribution in [0.15, 0.2) is 6.07 Å². The fourth-order valence-electron chi connectivity index (χ4n) is 0.950. The lowest BCUT2D eigenvalue weighted by molar-refractivity contribution is 0.111. The average Bonchev–Trinajstić information content (AvgIpc) is 2.16. The summed E-state index contributed by atoms with van der Waals surface area (Å²) in [6.07, 6.45) is -2.80. The van der Waals surface area contributed by atoms with Gasteiger partial charge in [-0.05, 0) is 0 Å². The van der Waals surface area contributed by atoms with Gasteiger partial charge in [0.2, 0.25) is 0 Å². The molecule has 0 atom stereocenters. The Labute approximate surface area is 77.5 Å². The van der Waals surface area contributed by atoms with Crippen molar-refractivity contribution in [3.63, 3.8) is 0 Å². The number of ether oxygens (including phenoxy) is 1. The van der Waals surface area contributed by atoms with Crippen molar-refractivity contribution >= 4 is 6.29 Å². The maximum absolute atomic E-state index is 13.0. The van der Waals surface area contributed by atoms with Gasteiger partial charge >= 0.3 is 0 Å². The van der Waals surface area contributed by atoms with E-state index in [0.29, 0.717) is 0 Å². The van der Waals surface area contributed by atoms with E-state index in [2.05, 4.69) is 9.72 Å². The van der Waals surface area contributed by atoms with Crippen molar-refractivity contribution in [2.75, 3.05) is 7.11 Å². The summed E-state index contributed by atoms with van der Waals surface area (Å²) in [4.78, 5) is 13.5. The Balaban J connectivity index is 3.35. The first-order chi connectivity index (χ1) is 6.60. The minimum atomic E-state index is -2.99. The van der Waals surface area contributed by atoms with Crippen LogP contribution < -0.4 is 4.74 Å². The fraction of sp³-hybridized carbons (Fsp3) is 0.250. The summed E-state index contributed by atoms with van der Waals surface area (Å²) in [5.41, 5.74) is -1.26. The second-order valence-corrected chi connectivity index (χ2v) is 2.37. The number of carbonyl (C=O) groups is 1. The van der Waals surface area contributed by atoms with E-state index in [1.807, 2.05) is 0 Å². The van der Waals surface area contributed by atoms with Crippen LogP contribution in [-0.2, 0) is 0 Å². The van der Waals surface area contributed by atoms with Crippen LogP contribution in [0.3, 0.4) is 0 Å². The lowest BCUT2D eigenvalue weighted by Crippen LogP contribution is -2.02. The predicted octanol–water partition coefficient (Wildman–Crippen LogP) is 1.98. The van der Waals surface area contributed by atoms with Crippen LogP contribution in [0.4, 0.5) is 13.2 Å². The van der Waals surface area contributed by atoms with Crippen molar-refractivity contribution in [2.24, 2.45) is 0 Å². The number of alkyl halides is 2. The molecule has 0 saturated carbocycles. The topological polar surface area (TPSA) is 39.2 Å². The number of halogens is 3. The molecule has 0 radical (unpaired) electrons. The van der Waals surface area contributed by atoms with E-state index in [9.17, 15) is 18.0 Å². The molecule has 0 aromatic carbocycles. The summed E-state index contributed by atoms with van der Waals surface area (Å²) in [5.74, 6) is -1.66. The van der Waals surface area contributed by atoms with E-state index < -0.39 is 29.4 Å². The molecular formula is C8H6F3NO2. The molecule has 76 valence electrons. The van der Waals surface area contributed by atoms with Gasteiger partial charge in [-0.1, -0.05) is 0 Å². The molecule has 1 rings (SSSR count). The largest absolute Gasteiger partial charge is 0.492 e. The molecule has 0 fully saturated rings. The van der Waals surface area contributed by atoms with E-state index in [4.69, 9.17) is 0 Å². The Morgan fingerprint density at radius 1 is 1.57 bits per heavy atom. The van der Waals surface area contributed by atoms with E-state index in [-0.39, 0.29) is 6.29 Å². The highest BCUT2D eigenvalue weighted by Crippen LogP contribution is 2.29. The zero-order valence-electron chi connectivity index (χ0n) is 7.13. The molecule has 14 heavy (non-hydrogen) atoms. The minimum absolute atomic E-state index is 0.189. The summed E-state index contributed by atoms with van der Waals surface area (Å²) < 4.78 is 42.0. The third-order valence-electron chi connectivity index (χ3n) is 1.51. The normalized spacial score (nSPS) is 10.4. The molecule has 3 nitrogen and oxygen atoms in total. The van der Waals surface area contributed by atoms with Crippen molar-refractivity contribution in [2.45, 2.75) is 6.43 Å². The van der Waals surface area contributed by atoms with Gasteiger partial charge in [0.15, 0.2) is 23.5 Å². The van der Waals surface area contributed by atoms with E-state index in [0.717, 1.165) is 13.2 Å². The Morgan fingerprint density at radius 3 is 2.64 bits per heavy atom. The molecule has 0 amide bonds. The summed E-state index contributed by atoms with van der Waals surface area (Å²) in [6.45, 7) is 0. The fourth-order valence-corrected chi connectivity index (χ4v) is 0.950. The molecule has 0 N–H and O–H groups in total. The average molecular weight is 205 g/mol. The van der Waals surface area contributed by atoms with Crippen LogP contribution in [0.1, 0.15) is 22.6 Å². The van der Waals surface area contributed by atoms with Crippen LogP contribution in [-0.4, -0.2) is 18.4 Å². The molecule has 0 aliphatic rings. The number of rotatable bonds is 3. The Hall–Kier alpha value is -1.59. The van der Waals surface area contributed by atoms with Crippen LogP contribution in [0, 0.1) is 5.82 Å². The van der Waals surface area contributed by atoms with Gasteiger partial charge in [0.25, 0.3) is 6.43 Å². The maximum Gasteiger partial charge on any atom is 0.284 e. The number of aldehydes is 1. The summed E-state index contributed by atoms with van der Waals surface area (Å²) in [6, 6.07) is 0.734. The zero-order chi connectivity index (χ0) is 10.7. The van der Waals surface area contributed by atoms with E-state index in [1.54, 1.807) is 0 Å². The van der Waals surface area contributed by atoms with Gasteiger partial charge in [0.1, 0.15) is 5.69 Å². The number of methoxy groups -OCH3 is 1. The molecule has 0 aliphatic carbocycles. The second-order valence-electron chi connectivity index (χ2n) is 2.37. The molecule has 0 spiro atoms. The molecular weight excluding hydrogens is 199 g/mol. The van der Waals surface area contributed by atoms with Crippen molar-refractivity contribution in [3.8, 4) is 5.75 Å². The molecule has 0 aliphatic heterocycles. The van der Waals surface area contributed by atoms with Crippen LogP contribution in [0.25, 0.3) is 0 Å². The predicted molar refractivity (Wildman–Crippen MR) is 41.1 cm³/mol. The molecule has 6 heteroatoms. The van der Waals surface area contributed by atoms with Gasteiger partial charge in [-0.25, -0.2) is 18.2 Å². The van der Waals surface area contributed by atoms with Crippen molar-refractivity contribution in [1.82, 2.24) is 4.98 Å². The summed E-state index contributed by atoms with van der Waals surface area (Å²) >= 11 is 0. The molecule has 1 aromatic rings. The third kappa shape index (κ3) is 1.84. The third-order valence-corrected chi connectivity index (χ3v) is 1.51. The second kappa shape index (κ2) is 4.08. The van der Waals surface area contributed by atoms with E-state index >= 15 is 0 Å². The SMILES string of the molecule is COc1c(F)cc(C=O)nc1C(F)F. The van der Waals surface area contributed by atoms with Crippen LogP contribution in [0.2, 0.25) is 0 Å². The van der Waals surface area contributed by atoms with Crippen molar-refractivity contribution < 1.29 is 22.7 Å². The maximum atomic E-state index is 13.0. The van der Waals surface area contributed by atoms with E-state index in [1.165, 1.54) is 0 Å². The van der Waals surface area contributed by atoms with Crippen LogP contribution in [0.5, 0.6) is 5.75 Å². The lowest BCUT2D eigenvalue weighted by atomic mass is 10.2. The number of carbonyl (C=O) groups excluding carboxylic acids is 1. The van der Waals surface area contributed by atoms with Crippen molar-refractivity contribution in [3.05, 3.63) is 23.3 Å². The van der Waals surface area contributed by atoms with Crippen LogP contribution >= 0.6 is 0 Å². The first kappa shape index (κ1) is 10.5. The quantitative estimate of drug-likeness (QED) is 0.708. The molecule has 0 bridgehead atoms. The Bertz CT molecular complexity index is 355. The summed E-state index contributed by atoms with van der Waals surface area (Å²) in [7, 11) is 1.05. The molecule has 0 unspecified atom stereocenters. The van der Waals surface area contributed by atoms with Gasteiger partial charge in [-0.15, -0.1) is 0 Å². The molecule has 1 heterocycles. The molecule has 0 saturated heterocycles. The van der Waals surface area contributed by atoms with Gasteiger partial charge in [-0.3, -0.25) is 4.79 Å². The number of pyridine rings is 1. The Morgan fingerprint density at radius 2 is 2.21 bits per heavy atom. The first-order valence-electron chi connectivity index (χ1n) is 3.58. The van der Waals surface area contributed by atoms with Crippen molar-refractivity contribution in [1.29, 1.82) is 0 Å². The smallest absolute Gasteiger partial charge is 0.284 e. The highest BCUT2D eigenvalue weighted by Gasteiger charge is 2.20. The monoisotopic (exact) mass is 205 g/mol.